The minimum atomic E-state index is 0.631. The highest BCUT2D eigenvalue weighted by Gasteiger charge is 2.17. The van der Waals surface area contributed by atoms with Crippen molar-refractivity contribution in [2.45, 2.75) is 30.3 Å². The van der Waals surface area contributed by atoms with Gasteiger partial charge in [0.15, 0.2) is 0 Å². The molecule has 13 heavy (non-hydrogen) atoms. The van der Waals surface area contributed by atoms with Crippen LogP contribution in [-0.2, 0) is 0 Å². The summed E-state index contributed by atoms with van der Waals surface area (Å²) in [6.07, 6.45) is 9.47. The molecule has 1 aliphatic rings. The van der Waals surface area contributed by atoms with Gasteiger partial charge in [0.1, 0.15) is 10.8 Å². The number of anilines is 1. The summed E-state index contributed by atoms with van der Waals surface area (Å²) < 4.78 is 0. The van der Waals surface area contributed by atoms with E-state index in [2.05, 4.69) is 15.3 Å². The lowest BCUT2D eigenvalue weighted by Crippen LogP contribution is -2.27. The molecular weight excluding hydrogens is 182 g/mol. The zero-order valence-corrected chi connectivity index (χ0v) is 8.47. The molecule has 0 radical (unpaired) electrons. The lowest BCUT2D eigenvalue weighted by atomic mass is 9.93. The average Bonchev–Trinajstić information content (AvgIpc) is 2.12. The SMILES string of the molecule is CSc1cncc(NC2CCC2)n1. The van der Waals surface area contributed by atoms with Crippen LogP contribution >= 0.6 is 11.8 Å². The Bertz CT molecular complexity index is 286. The standard InChI is InChI=1S/C9H13N3S/c1-13-9-6-10-5-8(12-9)11-7-3-2-4-7/h5-7H,2-4H2,1H3,(H,11,12). The molecule has 0 aromatic carbocycles. The predicted octanol–water partition coefficient (Wildman–Crippen LogP) is 2.16. The first-order valence-electron chi connectivity index (χ1n) is 4.51. The molecule has 1 fully saturated rings. The van der Waals surface area contributed by atoms with Crippen molar-refractivity contribution in [3.63, 3.8) is 0 Å². The molecular formula is C9H13N3S. The molecule has 3 nitrogen and oxygen atoms in total. The molecule has 0 aliphatic heterocycles. The van der Waals surface area contributed by atoms with Gasteiger partial charge in [-0.15, -0.1) is 11.8 Å². The topological polar surface area (TPSA) is 37.8 Å². The van der Waals surface area contributed by atoms with Gasteiger partial charge in [-0.2, -0.15) is 0 Å². The summed E-state index contributed by atoms with van der Waals surface area (Å²) in [6.45, 7) is 0. The van der Waals surface area contributed by atoms with E-state index < -0.39 is 0 Å². The number of hydrogen-bond donors (Lipinski definition) is 1. The smallest absolute Gasteiger partial charge is 0.146 e. The van der Waals surface area contributed by atoms with Gasteiger partial charge in [-0.1, -0.05) is 0 Å². The Balaban J connectivity index is 2.01. The lowest BCUT2D eigenvalue weighted by molar-refractivity contribution is 0.444. The quantitative estimate of drug-likeness (QED) is 0.750. The van der Waals surface area contributed by atoms with Crippen molar-refractivity contribution in [1.29, 1.82) is 0 Å². The molecule has 0 unspecified atom stereocenters. The van der Waals surface area contributed by atoms with E-state index >= 15 is 0 Å². The van der Waals surface area contributed by atoms with Crippen LogP contribution in [0.15, 0.2) is 17.4 Å². The molecule has 0 saturated heterocycles. The summed E-state index contributed by atoms with van der Waals surface area (Å²) >= 11 is 1.62. The van der Waals surface area contributed by atoms with E-state index in [1.165, 1.54) is 19.3 Å². The van der Waals surface area contributed by atoms with Gasteiger partial charge in [0, 0.05) is 6.04 Å². The van der Waals surface area contributed by atoms with Crippen LogP contribution in [0.1, 0.15) is 19.3 Å². The van der Waals surface area contributed by atoms with Gasteiger partial charge < -0.3 is 5.32 Å². The second-order valence-corrected chi connectivity index (χ2v) is 4.05. The lowest BCUT2D eigenvalue weighted by Gasteiger charge is -2.26. The maximum Gasteiger partial charge on any atom is 0.146 e. The van der Waals surface area contributed by atoms with Crippen molar-refractivity contribution in [2.75, 3.05) is 11.6 Å². The fraction of sp³-hybridized carbons (Fsp3) is 0.556. The van der Waals surface area contributed by atoms with Crippen molar-refractivity contribution in [3.05, 3.63) is 12.4 Å². The Morgan fingerprint density at radius 3 is 2.92 bits per heavy atom. The van der Waals surface area contributed by atoms with Gasteiger partial charge in [-0.05, 0) is 25.5 Å². The Morgan fingerprint density at radius 2 is 2.31 bits per heavy atom. The number of hydrogen-bond acceptors (Lipinski definition) is 4. The van der Waals surface area contributed by atoms with Gasteiger partial charge in [0.05, 0.1) is 12.4 Å². The van der Waals surface area contributed by atoms with E-state index in [-0.39, 0.29) is 0 Å². The summed E-state index contributed by atoms with van der Waals surface area (Å²) in [5.41, 5.74) is 0. The van der Waals surface area contributed by atoms with Crippen LogP contribution in [0.2, 0.25) is 0 Å². The van der Waals surface area contributed by atoms with Crippen LogP contribution in [0.4, 0.5) is 5.82 Å². The van der Waals surface area contributed by atoms with Crippen molar-refractivity contribution in [3.8, 4) is 0 Å². The summed E-state index contributed by atoms with van der Waals surface area (Å²) in [4.78, 5) is 8.52. The average molecular weight is 195 g/mol. The van der Waals surface area contributed by atoms with Gasteiger partial charge in [0.25, 0.3) is 0 Å². The van der Waals surface area contributed by atoms with E-state index in [0.29, 0.717) is 6.04 Å². The Morgan fingerprint density at radius 1 is 1.46 bits per heavy atom. The first-order valence-corrected chi connectivity index (χ1v) is 5.73. The highest BCUT2D eigenvalue weighted by atomic mass is 32.2. The van der Waals surface area contributed by atoms with Crippen LogP contribution in [0, 0.1) is 0 Å². The maximum atomic E-state index is 4.40. The number of rotatable bonds is 3. The molecule has 4 heteroatoms. The highest BCUT2D eigenvalue weighted by molar-refractivity contribution is 7.98. The maximum absolute atomic E-state index is 4.40. The van der Waals surface area contributed by atoms with Crippen molar-refractivity contribution in [2.24, 2.45) is 0 Å². The van der Waals surface area contributed by atoms with E-state index in [9.17, 15) is 0 Å². The normalized spacial score (nSPS) is 16.7. The molecule has 1 aromatic rings. The second kappa shape index (κ2) is 3.96. The van der Waals surface area contributed by atoms with E-state index in [1.54, 1.807) is 24.2 Å². The predicted molar refractivity (Wildman–Crippen MR) is 55.1 cm³/mol. The van der Waals surface area contributed by atoms with Crippen molar-refractivity contribution >= 4 is 17.6 Å². The van der Waals surface area contributed by atoms with Crippen LogP contribution in [0.3, 0.4) is 0 Å². The Labute approximate surface area is 82.4 Å². The first kappa shape index (κ1) is 8.81. The molecule has 2 rings (SSSR count). The minimum absolute atomic E-state index is 0.631. The third kappa shape index (κ3) is 2.12. The third-order valence-corrected chi connectivity index (χ3v) is 2.89. The van der Waals surface area contributed by atoms with E-state index in [4.69, 9.17) is 0 Å². The summed E-state index contributed by atoms with van der Waals surface area (Å²) in [6, 6.07) is 0.631. The highest BCUT2D eigenvalue weighted by Crippen LogP contribution is 2.22. The van der Waals surface area contributed by atoms with Gasteiger partial charge >= 0.3 is 0 Å². The molecule has 1 aromatic heterocycles. The van der Waals surface area contributed by atoms with Crippen LogP contribution in [0.25, 0.3) is 0 Å². The number of nitrogens with zero attached hydrogens (tertiary/aromatic N) is 2. The Kier molecular flexibility index (Phi) is 2.68. The molecule has 0 spiro atoms. The summed E-state index contributed by atoms with van der Waals surface area (Å²) in [5.74, 6) is 0.913. The summed E-state index contributed by atoms with van der Waals surface area (Å²) in [7, 11) is 0. The first-order chi connectivity index (χ1) is 6.38. The molecule has 0 atom stereocenters. The third-order valence-electron chi connectivity index (χ3n) is 2.28. The minimum Gasteiger partial charge on any atom is -0.366 e. The largest absolute Gasteiger partial charge is 0.366 e. The summed E-state index contributed by atoms with van der Waals surface area (Å²) in [5, 5.41) is 4.34. The second-order valence-electron chi connectivity index (χ2n) is 3.22. The molecule has 1 N–H and O–H groups in total. The fourth-order valence-corrected chi connectivity index (χ4v) is 1.63. The van der Waals surface area contributed by atoms with Crippen molar-refractivity contribution in [1.82, 2.24) is 9.97 Å². The molecule has 0 amide bonds. The molecule has 1 aliphatic carbocycles. The zero-order chi connectivity index (χ0) is 9.10. The fourth-order valence-electron chi connectivity index (χ4n) is 1.28. The van der Waals surface area contributed by atoms with E-state index in [0.717, 1.165) is 10.8 Å². The number of nitrogens with one attached hydrogen (secondary N) is 1. The zero-order valence-electron chi connectivity index (χ0n) is 7.66. The van der Waals surface area contributed by atoms with E-state index in [1.807, 2.05) is 6.26 Å². The molecule has 70 valence electrons. The molecule has 0 bridgehead atoms. The van der Waals surface area contributed by atoms with Crippen molar-refractivity contribution < 1.29 is 0 Å². The Hall–Kier alpha value is -0.770. The monoisotopic (exact) mass is 195 g/mol. The number of thioether (sulfide) groups is 1. The molecule has 1 heterocycles. The molecule has 1 saturated carbocycles. The van der Waals surface area contributed by atoms with Gasteiger partial charge in [-0.3, -0.25) is 4.98 Å². The van der Waals surface area contributed by atoms with Crippen LogP contribution in [-0.4, -0.2) is 22.3 Å². The van der Waals surface area contributed by atoms with Crippen LogP contribution in [0.5, 0.6) is 0 Å². The van der Waals surface area contributed by atoms with Gasteiger partial charge in [0.2, 0.25) is 0 Å². The number of aromatic nitrogens is 2. The van der Waals surface area contributed by atoms with Gasteiger partial charge in [-0.25, -0.2) is 4.98 Å². The van der Waals surface area contributed by atoms with Crippen LogP contribution < -0.4 is 5.32 Å².